The molecule has 0 N–H and O–H groups in total. The molecule has 0 bridgehead atoms. The van der Waals surface area contributed by atoms with Crippen LogP contribution in [-0.4, -0.2) is 23.8 Å². The molecule has 19 heavy (non-hydrogen) atoms. The largest absolute Gasteiger partial charge is 0.368 e. The molecule has 1 aromatic rings. The van der Waals surface area contributed by atoms with Crippen molar-refractivity contribution in [2.45, 2.75) is 20.8 Å². The summed E-state index contributed by atoms with van der Waals surface area (Å²) in [6.45, 7) is 10.4. The smallest absolute Gasteiger partial charge is 0.282 e. The summed E-state index contributed by atoms with van der Waals surface area (Å²) in [4.78, 5) is 23.8. The minimum Gasteiger partial charge on any atom is -0.368 e. The number of hydrogen-bond acceptors (Lipinski definition) is 4. The first-order valence-corrected chi connectivity index (χ1v) is 6.05. The van der Waals surface area contributed by atoms with Crippen LogP contribution in [-0.2, 0) is 0 Å². The number of nitrogens with zero attached hydrogens (tertiary/aromatic N) is 2. The number of carbonyl (C=O) groups excluding carboxylic acids is 1. The molecule has 5 nitrogen and oxygen atoms in total. The number of hydrogen-bond donors (Lipinski definition) is 0. The summed E-state index contributed by atoms with van der Waals surface area (Å²) < 4.78 is 0. The zero-order valence-corrected chi connectivity index (χ0v) is 11.5. The fraction of sp³-hybridized carbons (Fsp3) is 0.357. The third kappa shape index (κ3) is 3.64. The molecule has 0 aromatic heterocycles. The molecule has 0 fully saturated rings. The van der Waals surface area contributed by atoms with E-state index in [1.54, 1.807) is 6.07 Å². The van der Waals surface area contributed by atoms with E-state index in [9.17, 15) is 14.9 Å². The molecule has 0 heterocycles. The Balaban J connectivity index is 3.24. The van der Waals surface area contributed by atoms with Gasteiger partial charge in [0.05, 0.1) is 10.5 Å². The summed E-state index contributed by atoms with van der Waals surface area (Å²) in [5.74, 6) is -0.304. The van der Waals surface area contributed by atoms with Crippen LogP contribution in [0.1, 0.15) is 31.1 Å². The predicted molar refractivity (Wildman–Crippen MR) is 75.8 cm³/mol. The summed E-state index contributed by atoms with van der Waals surface area (Å²) >= 11 is 0. The average Bonchev–Trinajstić information content (AvgIpc) is 2.34. The summed E-state index contributed by atoms with van der Waals surface area (Å²) in [6, 6.07) is 4.69. The zero-order valence-electron chi connectivity index (χ0n) is 11.5. The maximum Gasteiger partial charge on any atom is 0.282 e. The highest BCUT2D eigenvalue weighted by molar-refractivity contribution is 5.98. The number of Topliss-reactive ketones (excluding diaryl/α,β-unsaturated/α-hetero) is 1. The van der Waals surface area contributed by atoms with Gasteiger partial charge in [-0.2, -0.15) is 0 Å². The van der Waals surface area contributed by atoms with Gasteiger partial charge < -0.3 is 4.90 Å². The lowest BCUT2D eigenvalue weighted by atomic mass is 10.1. The number of carbonyl (C=O) groups is 1. The van der Waals surface area contributed by atoms with E-state index in [-0.39, 0.29) is 17.0 Å². The van der Waals surface area contributed by atoms with E-state index in [2.05, 4.69) is 6.58 Å². The molecule has 1 aromatic carbocycles. The molecule has 0 saturated carbocycles. The van der Waals surface area contributed by atoms with E-state index < -0.39 is 4.92 Å². The highest BCUT2D eigenvalue weighted by Crippen LogP contribution is 2.26. The molecule has 0 saturated heterocycles. The van der Waals surface area contributed by atoms with Gasteiger partial charge in [-0.3, -0.25) is 14.9 Å². The van der Waals surface area contributed by atoms with Gasteiger partial charge in [-0.1, -0.05) is 12.2 Å². The van der Waals surface area contributed by atoms with Crippen LogP contribution in [0.4, 0.5) is 11.4 Å². The van der Waals surface area contributed by atoms with Crippen molar-refractivity contribution in [3.63, 3.8) is 0 Å². The van der Waals surface area contributed by atoms with Crippen LogP contribution in [0.15, 0.2) is 30.4 Å². The normalized spacial score (nSPS) is 10.1. The van der Waals surface area contributed by atoms with Crippen LogP contribution >= 0.6 is 0 Å². The van der Waals surface area contributed by atoms with Crippen LogP contribution in [0.3, 0.4) is 0 Å². The van der Waals surface area contributed by atoms with Crippen molar-refractivity contribution < 1.29 is 9.72 Å². The molecule has 0 amide bonds. The summed E-state index contributed by atoms with van der Waals surface area (Å²) in [6.07, 6.45) is 0. The average molecular weight is 262 g/mol. The monoisotopic (exact) mass is 262 g/mol. The predicted octanol–water partition coefficient (Wildman–Crippen LogP) is 3.20. The van der Waals surface area contributed by atoms with Gasteiger partial charge in [0.15, 0.2) is 5.78 Å². The Labute approximate surface area is 112 Å². The van der Waals surface area contributed by atoms with Gasteiger partial charge >= 0.3 is 0 Å². The van der Waals surface area contributed by atoms with Gasteiger partial charge in [0.2, 0.25) is 0 Å². The highest BCUT2D eigenvalue weighted by atomic mass is 16.6. The van der Waals surface area contributed by atoms with Crippen molar-refractivity contribution in [2.24, 2.45) is 0 Å². The number of ketones is 1. The van der Waals surface area contributed by atoms with Crippen molar-refractivity contribution in [3.05, 3.63) is 46.0 Å². The quantitative estimate of drug-likeness (QED) is 0.342. The molecule has 0 atom stereocenters. The molecular formula is C14H18N2O3. The maximum absolute atomic E-state index is 11.4. The molecule has 0 spiro atoms. The van der Waals surface area contributed by atoms with Crippen molar-refractivity contribution in [1.29, 1.82) is 0 Å². The van der Waals surface area contributed by atoms with Crippen LogP contribution in [0.2, 0.25) is 0 Å². The molecule has 0 aliphatic heterocycles. The van der Waals surface area contributed by atoms with Crippen molar-refractivity contribution in [2.75, 3.05) is 18.0 Å². The molecular weight excluding hydrogens is 244 g/mol. The van der Waals surface area contributed by atoms with E-state index >= 15 is 0 Å². The van der Waals surface area contributed by atoms with Crippen molar-refractivity contribution >= 4 is 17.2 Å². The van der Waals surface area contributed by atoms with E-state index in [1.165, 1.54) is 19.1 Å². The van der Waals surface area contributed by atoms with E-state index in [0.29, 0.717) is 13.1 Å². The first-order valence-electron chi connectivity index (χ1n) is 6.05. The topological polar surface area (TPSA) is 63.5 Å². The molecule has 0 unspecified atom stereocenters. The van der Waals surface area contributed by atoms with Gasteiger partial charge in [0.1, 0.15) is 0 Å². The summed E-state index contributed by atoms with van der Waals surface area (Å²) in [5.41, 5.74) is 1.69. The Morgan fingerprint density at radius 3 is 2.47 bits per heavy atom. The lowest BCUT2D eigenvalue weighted by molar-refractivity contribution is -0.385. The third-order valence-electron chi connectivity index (χ3n) is 2.76. The molecule has 5 heteroatoms. The standard InChI is InChI=1S/C14H18N2O3/c1-5-15(9-10(2)3)12-6-7-13(11(4)17)14(8-12)16(18)19/h6-8H,2,5,9H2,1,3-4H3. The second-order valence-corrected chi connectivity index (χ2v) is 4.49. The Morgan fingerprint density at radius 2 is 2.05 bits per heavy atom. The Hall–Kier alpha value is -2.17. The zero-order chi connectivity index (χ0) is 14.6. The number of likely N-dealkylation sites (N-methyl/N-ethyl adjacent to an activating group) is 1. The SMILES string of the molecule is C=C(C)CN(CC)c1ccc(C(C)=O)c([N+](=O)[O-])c1. The molecule has 0 radical (unpaired) electrons. The second kappa shape index (κ2) is 6.13. The van der Waals surface area contributed by atoms with Crippen molar-refractivity contribution in [3.8, 4) is 0 Å². The minimum atomic E-state index is -0.519. The summed E-state index contributed by atoms with van der Waals surface area (Å²) in [5, 5.41) is 11.0. The first kappa shape index (κ1) is 14.9. The molecule has 0 aliphatic carbocycles. The number of nitro benzene ring substituents is 1. The number of benzene rings is 1. The van der Waals surface area contributed by atoms with Gasteiger partial charge in [0, 0.05) is 24.8 Å². The van der Waals surface area contributed by atoms with Crippen LogP contribution in [0.5, 0.6) is 0 Å². The lowest BCUT2D eigenvalue weighted by Gasteiger charge is -2.23. The van der Waals surface area contributed by atoms with Gasteiger partial charge in [0.25, 0.3) is 5.69 Å². The number of rotatable bonds is 6. The highest BCUT2D eigenvalue weighted by Gasteiger charge is 2.19. The van der Waals surface area contributed by atoms with Gasteiger partial charge in [-0.25, -0.2) is 0 Å². The second-order valence-electron chi connectivity index (χ2n) is 4.49. The van der Waals surface area contributed by atoms with Crippen LogP contribution in [0.25, 0.3) is 0 Å². The van der Waals surface area contributed by atoms with Crippen LogP contribution in [0, 0.1) is 10.1 Å². The number of nitro groups is 1. The molecule has 1 rings (SSSR count). The van der Waals surface area contributed by atoms with E-state index in [0.717, 1.165) is 11.3 Å². The molecule has 0 aliphatic rings. The van der Waals surface area contributed by atoms with Crippen LogP contribution < -0.4 is 4.90 Å². The minimum absolute atomic E-state index is 0.139. The fourth-order valence-corrected chi connectivity index (χ4v) is 1.88. The Bertz CT molecular complexity index is 523. The first-order chi connectivity index (χ1) is 8.86. The van der Waals surface area contributed by atoms with E-state index in [4.69, 9.17) is 0 Å². The maximum atomic E-state index is 11.4. The Morgan fingerprint density at radius 1 is 1.42 bits per heavy atom. The molecule has 102 valence electrons. The van der Waals surface area contributed by atoms with Gasteiger partial charge in [-0.15, -0.1) is 0 Å². The lowest BCUT2D eigenvalue weighted by Crippen LogP contribution is -2.24. The number of anilines is 1. The summed E-state index contributed by atoms with van der Waals surface area (Å²) in [7, 11) is 0. The third-order valence-corrected chi connectivity index (χ3v) is 2.76. The van der Waals surface area contributed by atoms with Gasteiger partial charge in [-0.05, 0) is 32.9 Å². The van der Waals surface area contributed by atoms with Crippen molar-refractivity contribution in [1.82, 2.24) is 0 Å². The fourth-order valence-electron chi connectivity index (χ4n) is 1.88. The van der Waals surface area contributed by atoms with E-state index in [1.807, 2.05) is 18.7 Å². The Kier molecular flexibility index (Phi) is 4.80.